The Labute approximate surface area is 159 Å². The third kappa shape index (κ3) is 3.68. The summed E-state index contributed by atoms with van der Waals surface area (Å²) in [5, 5.41) is 11.6. The molecule has 0 radical (unpaired) electrons. The maximum Gasteiger partial charge on any atom is 0.274 e. The van der Waals surface area contributed by atoms with Crippen LogP contribution in [0.25, 0.3) is 10.2 Å². The SMILES string of the molecule is C[C@H](Cc1nc(C(=O)N2CC[C@@H](O)C2)c2sccc2n1)c1ccnc(F)c1. The molecule has 27 heavy (non-hydrogen) atoms. The van der Waals surface area contributed by atoms with E-state index < -0.39 is 12.1 Å². The summed E-state index contributed by atoms with van der Waals surface area (Å²) in [6.07, 6.45) is 2.04. The van der Waals surface area contributed by atoms with Crippen molar-refractivity contribution in [2.24, 2.45) is 0 Å². The summed E-state index contributed by atoms with van der Waals surface area (Å²) in [6.45, 7) is 2.82. The molecule has 0 saturated carbocycles. The fourth-order valence-corrected chi connectivity index (χ4v) is 4.15. The zero-order chi connectivity index (χ0) is 19.0. The van der Waals surface area contributed by atoms with E-state index in [9.17, 15) is 14.3 Å². The first kappa shape index (κ1) is 17.9. The standard InChI is InChI=1S/C19H19FN4O2S/c1-11(12-2-5-21-15(20)9-12)8-16-22-14-4-7-27-18(14)17(23-16)19(26)24-6-3-13(25)10-24/h2,4-5,7,9,11,13,25H,3,6,8,10H2,1H3/t11-,13-/m1/s1. The molecule has 3 aromatic rings. The second-order valence-corrected chi connectivity index (χ2v) is 7.75. The van der Waals surface area contributed by atoms with Gasteiger partial charge in [0, 0.05) is 25.7 Å². The predicted molar refractivity (Wildman–Crippen MR) is 100 cm³/mol. The van der Waals surface area contributed by atoms with Crippen molar-refractivity contribution in [1.82, 2.24) is 19.9 Å². The van der Waals surface area contributed by atoms with Crippen molar-refractivity contribution in [2.45, 2.75) is 31.8 Å². The summed E-state index contributed by atoms with van der Waals surface area (Å²) in [4.78, 5) is 27.3. The molecule has 0 unspecified atom stereocenters. The average Bonchev–Trinajstić information content (AvgIpc) is 3.29. The summed E-state index contributed by atoms with van der Waals surface area (Å²) >= 11 is 1.43. The summed E-state index contributed by atoms with van der Waals surface area (Å²) < 4.78 is 14.2. The van der Waals surface area contributed by atoms with E-state index in [1.807, 2.05) is 18.4 Å². The van der Waals surface area contributed by atoms with Crippen LogP contribution in [0.15, 0.2) is 29.8 Å². The molecule has 3 aromatic heterocycles. The molecule has 1 aliphatic heterocycles. The Kier molecular flexibility index (Phi) is 4.84. The number of halogens is 1. The number of likely N-dealkylation sites (tertiary alicyclic amines) is 1. The smallest absolute Gasteiger partial charge is 0.274 e. The van der Waals surface area contributed by atoms with Gasteiger partial charge >= 0.3 is 0 Å². The second-order valence-electron chi connectivity index (χ2n) is 6.83. The zero-order valence-electron chi connectivity index (χ0n) is 14.8. The van der Waals surface area contributed by atoms with Gasteiger partial charge < -0.3 is 10.0 Å². The number of carbonyl (C=O) groups is 1. The Morgan fingerprint density at radius 2 is 2.30 bits per heavy atom. The van der Waals surface area contributed by atoms with Gasteiger partial charge in [-0.3, -0.25) is 4.79 Å². The van der Waals surface area contributed by atoms with E-state index in [1.165, 1.54) is 23.6 Å². The Morgan fingerprint density at radius 1 is 1.44 bits per heavy atom. The Bertz CT molecular complexity index is 993. The van der Waals surface area contributed by atoms with E-state index in [2.05, 4.69) is 15.0 Å². The lowest BCUT2D eigenvalue weighted by molar-refractivity contribution is 0.0761. The van der Waals surface area contributed by atoms with E-state index in [0.717, 1.165) is 15.8 Å². The maximum atomic E-state index is 13.4. The topological polar surface area (TPSA) is 79.2 Å². The summed E-state index contributed by atoms with van der Waals surface area (Å²) in [5.41, 5.74) is 1.93. The fraction of sp³-hybridized carbons (Fsp3) is 0.368. The lowest BCUT2D eigenvalue weighted by Gasteiger charge is -2.16. The predicted octanol–water partition coefficient (Wildman–Crippen LogP) is 2.78. The number of hydrogen-bond acceptors (Lipinski definition) is 6. The zero-order valence-corrected chi connectivity index (χ0v) is 15.6. The van der Waals surface area contributed by atoms with E-state index >= 15 is 0 Å². The number of amides is 1. The summed E-state index contributed by atoms with van der Waals surface area (Å²) in [6, 6.07) is 5.05. The molecule has 0 spiro atoms. The van der Waals surface area contributed by atoms with Gasteiger partial charge in [0.2, 0.25) is 5.95 Å². The van der Waals surface area contributed by atoms with Gasteiger partial charge in [0.05, 0.1) is 16.3 Å². The number of pyridine rings is 1. The van der Waals surface area contributed by atoms with Gasteiger partial charge in [0.15, 0.2) is 0 Å². The van der Waals surface area contributed by atoms with E-state index in [4.69, 9.17) is 0 Å². The van der Waals surface area contributed by atoms with Crippen LogP contribution in [-0.2, 0) is 6.42 Å². The van der Waals surface area contributed by atoms with Crippen LogP contribution in [0.3, 0.4) is 0 Å². The quantitative estimate of drug-likeness (QED) is 0.698. The first-order valence-electron chi connectivity index (χ1n) is 8.84. The van der Waals surface area contributed by atoms with Crippen molar-refractivity contribution in [2.75, 3.05) is 13.1 Å². The molecule has 0 aliphatic carbocycles. The minimum absolute atomic E-state index is 0.0184. The van der Waals surface area contributed by atoms with Gasteiger partial charge in [0.25, 0.3) is 5.91 Å². The molecule has 4 heterocycles. The number of nitrogens with zero attached hydrogens (tertiary/aromatic N) is 4. The first-order chi connectivity index (χ1) is 13.0. The molecular weight excluding hydrogens is 367 g/mol. The largest absolute Gasteiger partial charge is 0.391 e. The van der Waals surface area contributed by atoms with Crippen LogP contribution in [0, 0.1) is 5.95 Å². The number of hydrogen-bond donors (Lipinski definition) is 1. The van der Waals surface area contributed by atoms with Gasteiger partial charge in [-0.1, -0.05) is 6.92 Å². The average molecular weight is 386 g/mol. The first-order valence-corrected chi connectivity index (χ1v) is 9.72. The number of aliphatic hydroxyl groups is 1. The van der Waals surface area contributed by atoms with Gasteiger partial charge in [-0.05, 0) is 41.5 Å². The molecule has 1 saturated heterocycles. The Morgan fingerprint density at radius 3 is 3.04 bits per heavy atom. The number of β-amino-alcohol motifs (C(OH)–C–C–N with tert-alkyl or cyclic N) is 1. The lowest BCUT2D eigenvalue weighted by Crippen LogP contribution is -2.30. The highest BCUT2D eigenvalue weighted by atomic mass is 32.1. The normalized spacial score (nSPS) is 18.2. The molecule has 0 aromatic carbocycles. The van der Waals surface area contributed by atoms with Crippen LogP contribution in [0.2, 0.25) is 0 Å². The number of aromatic nitrogens is 3. The number of aliphatic hydroxyl groups excluding tert-OH is 1. The third-order valence-corrected chi connectivity index (χ3v) is 5.72. The molecule has 1 amide bonds. The van der Waals surface area contributed by atoms with Crippen LogP contribution < -0.4 is 0 Å². The fourth-order valence-electron chi connectivity index (χ4n) is 3.34. The second kappa shape index (κ2) is 7.28. The van der Waals surface area contributed by atoms with Crippen LogP contribution in [0.4, 0.5) is 4.39 Å². The summed E-state index contributed by atoms with van der Waals surface area (Å²) in [5.74, 6) is -0.161. The van der Waals surface area contributed by atoms with Crippen molar-refractivity contribution in [3.63, 3.8) is 0 Å². The minimum atomic E-state index is -0.517. The van der Waals surface area contributed by atoms with Crippen LogP contribution in [-0.4, -0.2) is 50.1 Å². The van der Waals surface area contributed by atoms with Gasteiger partial charge in [-0.15, -0.1) is 11.3 Å². The third-order valence-electron chi connectivity index (χ3n) is 4.81. The highest BCUT2D eigenvalue weighted by molar-refractivity contribution is 7.17. The van der Waals surface area contributed by atoms with Crippen molar-refractivity contribution in [3.8, 4) is 0 Å². The van der Waals surface area contributed by atoms with E-state index in [1.54, 1.807) is 11.0 Å². The maximum absolute atomic E-state index is 13.4. The van der Waals surface area contributed by atoms with Crippen molar-refractivity contribution < 1.29 is 14.3 Å². The van der Waals surface area contributed by atoms with Gasteiger partial charge in [-0.25, -0.2) is 15.0 Å². The van der Waals surface area contributed by atoms with Crippen LogP contribution in [0.5, 0.6) is 0 Å². The van der Waals surface area contributed by atoms with Gasteiger partial charge in [0.1, 0.15) is 11.5 Å². The number of carbonyl (C=O) groups excluding carboxylic acids is 1. The lowest BCUT2D eigenvalue weighted by atomic mass is 9.98. The molecule has 140 valence electrons. The Hall–Kier alpha value is -2.45. The van der Waals surface area contributed by atoms with Crippen LogP contribution >= 0.6 is 11.3 Å². The van der Waals surface area contributed by atoms with Gasteiger partial charge in [-0.2, -0.15) is 4.39 Å². The molecule has 4 rings (SSSR count). The number of fused-ring (bicyclic) bond motifs is 1. The highest BCUT2D eigenvalue weighted by Crippen LogP contribution is 2.26. The van der Waals surface area contributed by atoms with E-state index in [0.29, 0.717) is 37.4 Å². The molecule has 6 nitrogen and oxygen atoms in total. The number of rotatable bonds is 4. The minimum Gasteiger partial charge on any atom is -0.391 e. The molecular formula is C19H19FN4O2S. The summed E-state index contributed by atoms with van der Waals surface area (Å²) in [7, 11) is 0. The molecule has 1 N–H and O–H groups in total. The molecule has 1 fully saturated rings. The molecule has 1 aliphatic rings. The molecule has 8 heteroatoms. The van der Waals surface area contributed by atoms with Crippen molar-refractivity contribution >= 4 is 27.5 Å². The number of thiophene rings is 1. The van der Waals surface area contributed by atoms with Crippen molar-refractivity contribution in [1.29, 1.82) is 0 Å². The highest BCUT2D eigenvalue weighted by Gasteiger charge is 2.28. The Balaban J connectivity index is 1.65. The monoisotopic (exact) mass is 386 g/mol. The molecule has 2 atom stereocenters. The molecule has 0 bridgehead atoms. The van der Waals surface area contributed by atoms with Crippen LogP contribution in [0.1, 0.15) is 41.1 Å². The van der Waals surface area contributed by atoms with E-state index in [-0.39, 0.29) is 11.8 Å². The van der Waals surface area contributed by atoms with Crippen molar-refractivity contribution in [3.05, 3.63) is 52.8 Å².